The second-order valence-electron chi connectivity index (χ2n) is 6.52. The van der Waals surface area contributed by atoms with Crippen molar-refractivity contribution in [2.45, 2.75) is 0 Å². The molecule has 0 saturated carbocycles. The normalized spacial score (nSPS) is 11.8. The van der Waals surface area contributed by atoms with Crippen LogP contribution in [-0.2, 0) is 0 Å². The number of hydrogen-bond donors (Lipinski definition) is 0. The molecule has 26 heavy (non-hydrogen) atoms. The molecule has 0 atom stereocenters. The number of pyridine rings is 1. The van der Waals surface area contributed by atoms with E-state index in [0.717, 1.165) is 27.6 Å². The lowest BCUT2D eigenvalue weighted by atomic mass is 10.1. The summed E-state index contributed by atoms with van der Waals surface area (Å²) in [5.41, 5.74) is 5.33. The molecule has 3 heterocycles. The van der Waals surface area contributed by atoms with Crippen molar-refractivity contribution in [3.05, 3.63) is 85.2 Å². The van der Waals surface area contributed by atoms with E-state index in [9.17, 15) is 0 Å². The maximum Gasteiger partial charge on any atom is 0.136 e. The maximum atomic E-state index is 6.11. The summed E-state index contributed by atoms with van der Waals surface area (Å²) < 4.78 is 8.40. The summed E-state index contributed by atoms with van der Waals surface area (Å²) in [5, 5.41) is 4.72. The second kappa shape index (κ2) is 4.96. The van der Waals surface area contributed by atoms with Gasteiger partial charge in [-0.3, -0.25) is 4.98 Å². The van der Waals surface area contributed by atoms with Crippen molar-refractivity contribution in [2.24, 2.45) is 0 Å². The van der Waals surface area contributed by atoms with Gasteiger partial charge in [0.25, 0.3) is 0 Å². The van der Waals surface area contributed by atoms with Gasteiger partial charge in [0.15, 0.2) is 0 Å². The molecule has 0 spiro atoms. The Morgan fingerprint density at radius 2 is 1.38 bits per heavy atom. The molecule has 0 bridgehead atoms. The highest BCUT2D eigenvalue weighted by Gasteiger charge is 2.15. The van der Waals surface area contributed by atoms with Crippen LogP contribution in [0.25, 0.3) is 49.4 Å². The molecule has 3 nitrogen and oxygen atoms in total. The van der Waals surface area contributed by atoms with Crippen molar-refractivity contribution in [3.8, 4) is 5.69 Å². The van der Waals surface area contributed by atoms with Crippen LogP contribution in [0, 0.1) is 0 Å². The number of para-hydroxylation sites is 2. The van der Waals surface area contributed by atoms with Crippen molar-refractivity contribution in [1.82, 2.24) is 9.55 Å². The average molecular weight is 334 g/mol. The first-order valence-electron chi connectivity index (χ1n) is 8.65. The van der Waals surface area contributed by atoms with Crippen LogP contribution in [0.15, 0.2) is 89.6 Å². The van der Waals surface area contributed by atoms with Gasteiger partial charge in [0.05, 0.1) is 11.0 Å². The van der Waals surface area contributed by atoms with Crippen LogP contribution < -0.4 is 0 Å². The van der Waals surface area contributed by atoms with E-state index in [1.54, 1.807) is 0 Å². The van der Waals surface area contributed by atoms with Gasteiger partial charge in [-0.25, -0.2) is 0 Å². The molecule has 0 unspecified atom stereocenters. The Balaban J connectivity index is 1.86. The fourth-order valence-corrected chi connectivity index (χ4v) is 3.96. The van der Waals surface area contributed by atoms with E-state index in [1.807, 2.05) is 36.7 Å². The zero-order chi connectivity index (χ0) is 17.1. The summed E-state index contributed by atoms with van der Waals surface area (Å²) in [4.78, 5) is 4.17. The van der Waals surface area contributed by atoms with Gasteiger partial charge in [-0.05, 0) is 36.4 Å². The van der Waals surface area contributed by atoms with E-state index in [-0.39, 0.29) is 0 Å². The molecule has 0 aliphatic rings. The predicted octanol–water partition coefficient (Wildman–Crippen LogP) is 6.08. The van der Waals surface area contributed by atoms with Gasteiger partial charge in [0.2, 0.25) is 0 Å². The fourth-order valence-electron chi connectivity index (χ4n) is 3.96. The molecular weight excluding hydrogens is 320 g/mol. The van der Waals surface area contributed by atoms with Gasteiger partial charge < -0.3 is 8.98 Å². The van der Waals surface area contributed by atoms with Gasteiger partial charge in [-0.1, -0.05) is 36.4 Å². The SMILES string of the molecule is c1ccc2c(c1)oc1cc3c4ccccc4n(-c4ccncc4)c3cc12. The Morgan fingerprint density at radius 1 is 0.615 bits per heavy atom. The maximum absolute atomic E-state index is 6.11. The topological polar surface area (TPSA) is 31.0 Å². The molecular formula is C23H14N2O. The van der Waals surface area contributed by atoms with Crippen LogP contribution in [0.5, 0.6) is 0 Å². The molecule has 0 N–H and O–H groups in total. The van der Waals surface area contributed by atoms with Gasteiger partial charge >= 0.3 is 0 Å². The predicted molar refractivity (Wildman–Crippen MR) is 106 cm³/mol. The van der Waals surface area contributed by atoms with Crippen LogP contribution in [-0.4, -0.2) is 9.55 Å². The molecule has 0 aliphatic heterocycles. The van der Waals surface area contributed by atoms with E-state index < -0.39 is 0 Å². The van der Waals surface area contributed by atoms with Gasteiger partial charge in [0, 0.05) is 39.6 Å². The minimum absolute atomic E-state index is 0.926. The van der Waals surface area contributed by atoms with Crippen LogP contribution >= 0.6 is 0 Å². The minimum Gasteiger partial charge on any atom is -0.456 e. The number of fused-ring (bicyclic) bond motifs is 6. The summed E-state index contributed by atoms with van der Waals surface area (Å²) in [5.74, 6) is 0. The third-order valence-corrected chi connectivity index (χ3v) is 5.09. The largest absolute Gasteiger partial charge is 0.456 e. The lowest BCUT2D eigenvalue weighted by Gasteiger charge is -2.07. The average Bonchev–Trinajstić information content (AvgIpc) is 3.22. The Bertz CT molecular complexity index is 1420. The molecule has 0 fully saturated rings. The summed E-state index contributed by atoms with van der Waals surface area (Å²) in [6, 6.07) is 25.2. The standard InChI is InChI=1S/C23H14N2O/c1-3-7-20-16(5-1)18-14-23-19(17-6-2-4-8-22(17)26-23)13-21(18)25(20)15-9-11-24-12-10-15/h1-14H. The number of rotatable bonds is 1. The molecule has 6 aromatic rings. The first kappa shape index (κ1) is 13.7. The van der Waals surface area contributed by atoms with E-state index in [0.29, 0.717) is 0 Å². The molecule has 122 valence electrons. The fraction of sp³-hybridized carbons (Fsp3) is 0. The van der Waals surface area contributed by atoms with Gasteiger partial charge in [-0.15, -0.1) is 0 Å². The van der Waals surface area contributed by atoms with Crippen molar-refractivity contribution in [1.29, 1.82) is 0 Å². The molecule has 6 rings (SSSR count). The summed E-state index contributed by atoms with van der Waals surface area (Å²) >= 11 is 0. The number of nitrogens with zero attached hydrogens (tertiary/aromatic N) is 2. The number of hydrogen-bond acceptors (Lipinski definition) is 2. The van der Waals surface area contributed by atoms with Crippen LogP contribution in [0.3, 0.4) is 0 Å². The first-order valence-corrected chi connectivity index (χ1v) is 8.65. The van der Waals surface area contributed by atoms with Crippen LogP contribution in [0.2, 0.25) is 0 Å². The quantitative estimate of drug-likeness (QED) is 0.365. The molecule has 0 saturated heterocycles. The zero-order valence-electron chi connectivity index (χ0n) is 13.9. The van der Waals surface area contributed by atoms with E-state index >= 15 is 0 Å². The van der Waals surface area contributed by atoms with Crippen LogP contribution in [0.1, 0.15) is 0 Å². The van der Waals surface area contributed by atoms with Gasteiger partial charge in [-0.2, -0.15) is 0 Å². The Hall–Kier alpha value is -3.59. The lowest BCUT2D eigenvalue weighted by Crippen LogP contribution is -1.93. The number of benzene rings is 3. The Morgan fingerprint density at radius 3 is 2.27 bits per heavy atom. The molecule has 3 aromatic carbocycles. The Kier molecular flexibility index (Phi) is 2.61. The van der Waals surface area contributed by atoms with Crippen molar-refractivity contribution < 1.29 is 4.42 Å². The Labute approximate surface area is 149 Å². The van der Waals surface area contributed by atoms with Crippen molar-refractivity contribution in [3.63, 3.8) is 0 Å². The number of aromatic nitrogens is 2. The van der Waals surface area contributed by atoms with Crippen molar-refractivity contribution >= 4 is 43.7 Å². The van der Waals surface area contributed by atoms with E-state index in [2.05, 4.69) is 58.1 Å². The second-order valence-corrected chi connectivity index (χ2v) is 6.52. The van der Waals surface area contributed by atoms with E-state index in [1.165, 1.54) is 21.8 Å². The summed E-state index contributed by atoms with van der Waals surface area (Å²) in [6.07, 6.45) is 3.67. The van der Waals surface area contributed by atoms with Gasteiger partial charge in [0.1, 0.15) is 11.2 Å². The van der Waals surface area contributed by atoms with Crippen molar-refractivity contribution in [2.75, 3.05) is 0 Å². The zero-order valence-corrected chi connectivity index (χ0v) is 13.9. The first-order chi connectivity index (χ1) is 12.9. The highest BCUT2D eigenvalue weighted by atomic mass is 16.3. The summed E-state index contributed by atoms with van der Waals surface area (Å²) in [7, 11) is 0. The third kappa shape index (κ3) is 1.74. The smallest absolute Gasteiger partial charge is 0.136 e. The number of furan rings is 1. The molecule has 3 aromatic heterocycles. The molecule has 0 amide bonds. The third-order valence-electron chi connectivity index (χ3n) is 5.09. The molecule has 0 radical (unpaired) electrons. The summed E-state index contributed by atoms with van der Waals surface area (Å²) in [6.45, 7) is 0. The molecule has 0 aliphatic carbocycles. The lowest BCUT2D eigenvalue weighted by molar-refractivity contribution is 0.669. The highest BCUT2D eigenvalue weighted by Crippen LogP contribution is 2.37. The van der Waals surface area contributed by atoms with E-state index in [4.69, 9.17) is 4.42 Å². The molecule has 3 heteroatoms. The van der Waals surface area contributed by atoms with Crippen LogP contribution in [0.4, 0.5) is 0 Å². The minimum atomic E-state index is 0.926. The highest BCUT2D eigenvalue weighted by molar-refractivity contribution is 6.17. The monoisotopic (exact) mass is 334 g/mol.